The van der Waals surface area contributed by atoms with E-state index in [-0.39, 0.29) is 5.69 Å². The Morgan fingerprint density at radius 2 is 2.36 bits per heavy atom. The van der Waals surface area contributed by atoms with Gasteiger partial charge in [-0.3, -0.25) is 4.79 Å². The fraction of sp³-hybridized carbons (Fsp3) is 0.143. The van der Waals surface area contributed by atoms with Gasteiger partial charge in [-0.05, 0) is 0 Å². The van der Waals surface area contributed by atoms with Crippen molar-refractivity contribution in [3.8, 4) is 5.75 Å². The van der Waals surface area contributed by atoms with Gasteiger partial charge in [-0.25, -0.2) is 4.98 Å². The summed E-state index contributed by atoms with van der Waals surface area (Å²) in [5.41, 5.74) is 0.0295. The maximum Gasteiger partial charge on any atom is 0.217 e. The van der Waals surface area contributed by atoms with Crippen molar-refractivity contribution < 1.29 is 13.9 Å². The van der Waals surface area contributed by atoms with Crippen LogP contribution in [-0.2, 0) is 0 Å². The molecule has 0 aliphatic carbocycles. The van der Waals surface area contributed by atoms with Crippen LogP contribution in [0.25, 0.3) is 0 Å². The fourth-order valence-corrected chi connectivity index (χ4v) is 0.671. The molecule has 0 saturated carbocycles. The lowest BCUT2D eigenvalue weighted by Crippen LogP contribution is -1.93. The maximum atomic E-state index is 12.5. The molecular formula is C7H6FNO2. The van der Waals surface area contributed by atoms with E-state index in [0.717, 1.165) is 6.07 Å². The van der Waals surface area contributed by atoms with E-state index in [2.05, 4.69) is 4.98 Å². The second-order valence-corrected chi connectivity index (χ2v) is 1.87. The fourth-order valence-electron chi connectivity index (χ4n) is 0.671. The van der Waals surface area contributed by atoms with Crippen molar-refractivity contribution in [2.45, 2.75) is 0 Å². The molecule has 0 spiro atoms. The number of carbonyl (C=O) groups is 1. The first-order valence-electron chi connectivity index (χ1n) is 2.93. The highest BCUT2D eigenvalue weighted by atomic mass is 19.1. The van der Waals surface area contributed by atoms with Gasteiger partial charge in [0.05, 0.1) is 7.11 Å². The summed E-state index contributed by atoms with van der Waals surface area (Å²) in [5, 5.41) is 0. The van der Waals surface area contributed by atoms with Crippen molar-refractivity contribution >= 4 is 6.29 Å². The Labute approximate surface area is 62.8 Å². The van der Waals surface area contributed by atoms with Gasteiger partial charge in [-0.2, -0.15) is 4.39 Å². The third-order valence-electron chi connectivity index (χ3n) is 1.14. The number of ether oxygens (including phenoxy) is 1. The van der Waals surface area contributed by atoms with Crippen molar-refractivity contribution in [3.63, 3.8) is 0 Å². The molecule has 1 aromatic heterocycles. The summed E-state index contributed by atoms with van der Waals surface area (Å²) in [4.78, 5) is 13.4. The molecular weight excluding hydrogens is 149 g/mol. The highest BCUT2D eigenvalue weighted by Gasteiger charge is 2.00. The van der Waals surface area contributed by atoms with Crippen LogP contribution >= 0.6 is 0 Å². The lowest BCUT2D eigenvalue weighted by Gasteiger charge is -1.98. The van der Waals surface area contributed by atoms with E-state index >= 15 is 0 Å². The van der Waals surface area contributed by atoms with E-state index in [1.165, 1.54) is 13.2 Å². The minimum atomic E-state index is -0.716. The van der Waals surface area contributed by atoms with Crippen molar-refractivity contribution in [1.82, 2.24) is 4.98 Å². The van der Waals surface area contributed by atoms with Crippen molar-refractivity contribution in [1.29, 1.82) is 0 Å². The molecule has 0 atom stereocenters. The summed E-state index contributed by atoms with van der Waals surface area (Å²) in [5.74, 6) is -0.425. The van der Waals surface area contributed by atoms with E-state index in [9.17, 15) is 9.18 Å². The van der Waals surface area contributed by atoms with Crippen molar-refractivity contribution in [3.05, 3.63) is 23.8 Å². The maximum absolute atomic E-state index is 12.5. The van der Waals surface area contributed by atoms with Crippen LogP contribution in [0.5, 0.6) is 5.75 Å². The SMILES string of the molecule is COc1cc(F)nc(C=O)c1. The van der Waals surface area contributed by atoms with Gasteiger partial charge in [0.25, 0.3) is 0 Å². The summed E-state index contributed by atoms with van der Waals surface area (Å²) in [6, 6.07) is 2.46. The lowest BCUT2D eigenvalue weighted by molar-refractivity contribution is 0.111. The van der Waals surface area contributed by atoms with Crippen LogP contribution in [0.4, 0.5) is 4.39 Å². The number of halogens is 1. The van der Waals surface area contributed by atoms with Gasteiger partial charge in [0.2, 0.25) is 5.95 Å². The molecule has 58 valence electrons. The lowest BCUT2D eigenvalue weighted by atomic mass is 10.3. The zero-order valence-corrected chi connectivity index (χ0v) is 5.87. The van der Waals surface area contributed by atoms with Crippen LogP contribution in [-0.4, -0.2) is 18.4 Å². The number of hydrogen-bond donors (Lipinski definition) is 0. The average molecular weight is 155 g/mol. The van der Waals surface area contributed by atoms with Crippen molar-refractivity contribution in [2.24, 2.45) is 0 Å². The number of methoxy groups -OCH3 is 1. The Hall–Kier alpha value is -1.45. The summed E-state index contributed by atoms with van der Waals surface area (Å²) >= 11 is 0. The number of pyridine rings is 1. The number of aldehydes is 1. The molecule has 0 bridgehead atoms. The van der Waals surface area contributed by atoms with Crippen LogP contribution in [0.2, 0.25) is 0 Å². The number of aromatic nitrogens is 1. The third kappa shape index (κ3) is 1.73. The minimum absolute atomic E-state index is 0.0295. The van der Waals surface area contributed by atoms with Crippen LogP contribution in [0.15, 0.2) is 12.1 Å². The number of rotatable bonds is 2. The summed E-state index contributed by atoms with van der Waals surface area (Å²) in [6.07, 6.45) is 0.464. The third-order valence-corrected chi connectivity index (χ3v) is 1.14. The summed E-state index contributed by atoms with van der Waals surface area (Å²) in [7, 11) is 1.39. The number of carbonyl (C=O) groups excluding carboxylic acids is 1. The van der Waals surface area contributed by atoms with Gasteiger partial charge in [-0.15, -0.1) is 0 Å². The molecule has 0 saturated heterocycles. The smallest absolute Gasteiger partial charge is 0.217 e. The molecule has 11 heavy (non-hydrogen) atoms. The monoisotopic (exact) mass is 155 g/mol. The average Bonchev–Trinajstić information content (AvgIpc) is 2.03. The van der Waals surface area contributed by atoms with Gasteiger partial charge >= 0.3 is 0 Å². The molecule has 4 heteroatoms. The first-order valence-corrected chi connectivity index (χ1v) is 2.93. The largest absolute Gasteiger partial charge is 0.497 e. The topological polar surface area (TPSA) is 39.2 Å². The van der Waals surface area contributed by atoms with Gasteiger partial charge < -0.3 is 4.74 Å². The van der Waals surface area contributed by atoms with Crippen LogP contribution in [0, 0.1) is 5.95 Å². The van der Waals surface area contributed by atoms with Gasteiger partial charge in [-0.1, -0.05) is 0 Å². The molecule has 1 aromatic rings. The zero-order chi connectivity index (χ0) is 8.27. The molecule has 0 fully saturated rings. The molecule has 0 aromatic carbocycles. The Bertz CT molecular complexity index is 275. The van der Waals surface area contributed by atoms with Crippen LogP contribution in [0.3, 0.4) is 0 Å². The molecule has 0 unspecified atom stereocenters. The zero-order valence-electron chi connectivity index (χ0n) is 5.87. The van der Waals surface area contributed by atoms with E-state index in [4.69, 9.17) is 4.74 Å². The van der Waals surface area contributed by atoms with E-state index in [1.807, 2.05) is 0 Å². The van der Waals surface area contributed by atoms with Crippen LogP contribution in [0.1, 0.15) is 10.5 Å². The second kappa shape index (κ2) is 3.09. The Morgan fingerprint density at radius 1 is 1.64 bits per heavy atom. The molecule has 1 rings (SSSR count). The van der Waals surface area contributed by atoms with Crippen molar-refractivity contribution in [2.75, 3.05) is 7.11 Å². The normalized spacial score (nSPS) is 9.27. The van der Waals surface area contributed by atoms with E-state index < -0.39 is 5.95 Å². The Kier molecular flexibility index (Phi) is 2.15. The highest BCUT2D eigenvalue weighted by Crippen LogP contribution is 2.11. The molecule has 0 amide bonds. The summed E-state index contributed by atoms with van der Waals surface area (Å²) < 4.78 is 17.2. The molecule has 1 heterocycles. The molecule has 0 N–H and O–H groups in total. The van der Waals surface area contributed by atoms with E-state index in [1.54, 1.807) is 0 Å². The quantitative estimate of drug-likeness (QED) is 0.473. The Balaban J connectivity index is 3.11. The van der Waals surface area contributed by atoms with Gasteiger partial charge in [0.1, 0.15) is 11.4 Å². The van der Waals surface area contributed by atoms with Gasteiger partial charge in [0, 0.05) is 12.1 Å². The predicted molar refractivity (Wildman–Crippen MR) is 36.1 cm³/mol. The first-order chi connectivity index (χ1) is 5.26. The number of hydrogen-bond acceptors (Lipinski definition) is 3. The second-order valence-electron chi connectivity index (χ2n) is 1.87. The minimum Gasteiger partial charge on any atom is -0.497 e. The molecule has 0 radical (unpaired) electrons. The van der Waals surface area contributed by atoms with E-state index in [0.29, 0.717) is 12.0 Å². The van der Waals surface area contributed by atoms with Crippen LogP contribution < -0.4 is 4.74 Å². The molecule has 0 aliphatic heterocycles. The highest BCUT2D eigenvalue weighted by molar-refractivity contribution is 5.72. The Morgan fingerprint density at radius 3 is 2.91 bits per heavy atom. The van der Waals surface area contributed by atoms with Gasteiger partial charge in [0.15, 0.2) is 6.29 Å². The summed E-state index contributed by atoms with van der Waals surface area (Å²) in [6.45, 7) is 0. The molecule has 3 nitrogen and oxygen atoms in total. The first kappa shape index (κ1) is 7.65. The standard InChI is InChI=1S/C7H6FNO2/c1-11-6-2-5(4-10)9-7(8)3-6/h2-4H,1H3. The number of nitrogens with zero attached hydrogens (tertiary/aromatic N) is 1. The molecule has 0 aliphatic rings. The predicted octanol–water partition coefficient (Wildman–Crippen LogP) is 1.04.